The van der Waals surface area contributed by atoms with Crippen molar-refractivity contribution in [2.24, 2.45) is 0 Å². The first-order valence-corrected chi connectivity index (χ1v) is 8.93. The molecule has 5 nitrogen and oxygen atoms in total. The van der Waals surface area contributed by atoms with Crippen LogP contribution in [0.15, 0.2) is 73.1 Å². The minimum atomic E-state index is -0.160. The Kier molecular flexibility index (Phi) is 6.41. The summed E-state index contributed by atoms with van der Waals surface area (Å²) in [6.45, 7) is 3.10. The lowest BCUT2D eigenvalue weighted by Crippen LogP contribution is -2.22. The molecule has 2 aromatic carbocycles. The van der Waals surface area contributed by atoms with E-state index in [2.05, 4.69) is 17.2 Å². The third-order valence-corrected chi connectivity index (χ3v) is 3.81. The van der Waals surface area contributed by atoms with Crippen molar-refractivity contribution in [2.75, 3.05) is 6.61 Å². The molecule has 0 bridgehead atoms. The second-order valence-corrected chi connectivity index (χ2v) is 5.97. The molecule has 27 heavy (non-hydrogen) atoms. The number of ether oxygens (including phenoxy) is 2. The van der Waals surface area contributed by atoms with Gasteiger partial charge in [-0.05, 0) is 48.4 Å². The highest BCUT2D eigenvalue weighted by Gasteiger charge is 2.08. The predicted molar refractivity (Wildman–Crippen MR) is 104 cm³/mol. The molecule has 3 rings (SSSR count). The Morgan fingerprint density at radius 1 is 1.04 bits per heavy atom. The van der Waals surface area contributed by atoms with Gasteiger partial charge in [-0.2, -0.15) is 0 Å². The number of benzene rings is 2. The summed E-state index contributed by atoms with van der Waals surface area (Å²) in [4.78, 5) is 16.1. The number of carbonyl (C=O) groups excluding carboxylic acids is 1. The van der Waals surface area contributed by atoms with Crippen LogP contribution in [0.25, 0.3) is 0 Å². The van der Waals surface area contributed by atoms with Crippen molar-refractivity contribution >= 4 is 5.91 Å². The Morgan fingerprint density at radius 2 is 1.89 bits per heavy atom. The van der Waals surface area contributed by atoms with E-state index in [1.807, 2.05) is 48.5 Å². The van der Waals surface area contributed by atoms with E-state index < -0.39 is 0 Å². The molecule has 3 aromatic rings. The van der Waals surface area contributed by atoms with Crippen molar-refractivity contribution in [1.82, 2.24) is 10.3 Å². The van der Waals surface area contributed by atoms with Gasteiger partial charge >= 0.3 is 0 Å². The van der Waals surface area contributed by atoms with E-state index in [0.29, 0.717) is 30.2 Å². The molecule has 0 radical (unpaired) electrons. The van der Waals surface area contributed by atoms with Gasteiger partial charge in [0, 0.05) is 18.9 Å². The summed E-state index contributed by atoms with van der Waals surface area (Å²) in [6, 6.07) is 18.7. The zero-order valence-electron chi connectivity index (χ0n) is 15.2. The topological polar surface area (TPSA) is 60.5 Å². The Labute approximate surface area is 159 Å². The molecule has 0 atom stereocenters. The predicted octanol–water partition coefficient (Wildman–Crippen LogP) is 4.59. The fourth-order valence-corrected chi connectivity index (χ4v) is 2.49. The van der Waals surface area contributed by atoms with E-state index in [4.69, 9.17) is 9.47 Å². The minimum absolute atomic E-state index is 0.160. The highest BCUT2D eigenvalue weighted by molar-refractivity contribution is 5.93. The lowest BCUT2D eigenvalue weighted by molar-refractivity contribution is 0.0950. The van der Waals surface area contributed by atoms with Crippen molar-refractivity contribution in [2.45, 2.75) is 19.9 Å². The number of para-hydroxylation sites is 2. The van der Waals surface area contributed by atoms with Gasteiger partial charge in [0.15, 0.2) is 11.5 Å². The SMILES string of the molecule is CCCOc1ccccc1Oc1cccc(CNC(=O)c2cccnc2)c1. The second kappa shape index (κ2) is 9.38. The zero-order chi connectivity index (χ0) is 18.9. The maximum absolute atomic E-state index is 12.1. The summed E-state index contributed by atoms with van der Waals surface area (Å²) >= 11 is 0. The standard InChI is InChI=1S/C22H22N2O3/c1-2-13-26-20-10-3-4-11-21(20)27-19-9-5-7-17(14-19)15-24-22(25)18-8-6-12-23-16-18/h3-12,14,16H,2,13,15H2,1H3,(H,24,25). The van der Waals surface area contributed by atoms with Gasteiger partial charge in [0.25, 0.3) is 5.91 Å². The van der Waals surface area contributed by atoms with E-state index in [1.165, 1.54) is 0 Å². The van der Waals surface area contributed by atoms with Crippen LogP contribution in [-0.4, -0.2) is 17.5 Å². The lowest BCUT2D eigenvalue weighted by atomic mass is 10.2. The van der Waals surface area contributed by atoms with Crippen molar-refractivity contribution in [3.05, 3.63) is 84.2 Å². The van der Waals surface area contributed by atoms with Gasteiger partial charge in [0.05, 0.1) is 12.2 Å². The van der Waals surface area contributed by atoms with E-state index in [-0.39, 0.29) is 5.91 Å². The Balaban J connectivity index is 1.65. The third kappa shape index (κ3) is 5.31. The number of rotatable bonds is 8. The van der Waals surface area contributed by atoms with Gasteiger partial charge in [-0.15, -0.1) is 0 Å². The summed E-state index contributed by atoms with van der Waals surface area (Å²) in [6.07, 6.45) is 4.11. The molecule has 0 fully saturated rings. The van der Waals surface area contributed by atoms with E-state index in [1.54, 1.807) is 24.5 Å². The van der Waals surface area contributed by atoms with Crippen LogP contribution in [0.1, 0.15) is 29.3 Å². The Bertz CT molecular complexity index is 881. The molecule has 0 aliphatic rings. The maximum Gasteiger partial charge on any atom is 0.253 e. The summed E-state index contributed by atoms with van der Waals surface area (Å²) in [5.41, 5.74) is 1.48. The van der Waals surface area contributed by atoms with Crippen LogP contribution in [-0.2, 0) is 6.54 Å². The number of carbonyl (C=O) groups is 1. The number of hydrogen-bond acceptors (Lipinski definition) is 4. The molecule has 0 aliphatic heterocycles. The molecular formula is C22H22N2O3. The highest BCUT2D eigenvalue weighted by atomic mass is 16.5. The second-order valence-electron chi connectivity index (χ2n) is 5.97. The molecular weight excluding hydrogens is 340 g/mol. The molecule has 0 unspecified atom stereocenters. The van der Waals surface area contributed by atoms with Gasteiger partial charge < -0.3 is 14.8 Å². The monoisotopic (exact) mass is 362 g/mol. The van der Waals surface area contributed by atoms with E-state index in [9.17, 15) is 4.79 Å². The number of hydrogen-bond donors (Lipinski definition) is 1. The quantitative estimate of drug-likeness (QED) is 0.636. The first-order valence-electron chi connectivity index (χ1n) is 8.93. The summed E-state index contributed by atoms with van der Waals surface area (Å²) in [5.74, 6) is 1.92. The van der Waals surface area contributed by atoms with Gasteiger partial charge in [-0.1, -0.05) is 31.2 Å². The molecule has 138 valence electrons. The van der Waals surface area contributed by atoms with Crippen molar-refractivity contribution in [1.29, 1.82) is 0 Å². The molecule has 5 heteroatoms. The van der Waals surface area contributed by atoms with Crippen LogP contribution in [0.5, 0.6) is 17.2 Å². The number of aromatic nitrogens is 1. The van der Waals surface area contributed by atoms with Crippen LogP contribution >= 0.6 is 0 Å². The van der Waals surface area contributed by atoms with Gasteiger partial charge in [0.1, 0.15) is 5.75 Å². The molecule has 1 heterocycles. The third-order valence-electron chi connectivity index (χ3n) is 3.81. The molecule has 1 N–H and O–H groups in total. The lowest BCUT2D eigenvalue weighted by Gasteiger charge is -2.13. The molecule has 0 spiro atoms. The highest BCUT2D eigenvalue weighted by Crippen LogP contribution is 2.31. The van der Waals surface area contributed by atoms with Gasteiger partial charge in [-0.3, -0.25) is 9.78 Å². The normalized spacial score (nSPS) is 10.3. The summed E-state index contributed by atoms with van der Waals surface area (Å²) < 4.78 is 11.7. The fourth-order valence-electron chi connectivity index (χ4n) is 2.49. The fraction of sp³-hybridized carbons (Fsp3) is 0.182. The largest absolute Gasteiger partial charge is 0.490 e. The first-order chi connectivity index (χ1) is 13.3. The number of amides is 1. The maximum atomic E-state index is 12.1. The number of pyridine rings is 1. The summed E-state index contributed by atoms with van der Waals surface area (Å²) in [5, 5.41) is 2.89. The van der Waals surface area contributed by atoms with E-state index >= 15 is 0 Å². The Hall–Kier alpha value is -3.34. The Morgan fingerprint density at radius 3 is 2.67 bits per heavy atom. The zero-order valence-corrected chi connectivity index (χ0v) is 15.2. The van der Waals surface area contributed by atoms with Crippen LogP contribution in [0.2, 0.25) is 0 Å². The average molecular weight is 362 g/mol. The van der Waals surface area contributed by atoms with Crippen molar-refractivity contribution in [3.8, 4) is 17.2 Å². The molecule has 1 aromatic heterocycles. The molecule has 0 aliphatic carbocycles. The van der Waals surface area contributed by atoms with Gasteiger partial charge in [0.2, 0.25) is 0 Å². The minimum Gasteiger partial charge on any atom is -0.490 e. The van der Waals surface area contributed by atoms with E-state index in [0.717, 1.165) is 17.7 Å². The van der Waals surface area contributed by atoms with Crippen LogP contribution < -0.4 is 14.8 Å². The molecule has 0 saturated carbocycles. The molecule has 1 amide bonds. The molecule has 0 saturated heterocycles. The smallest absolute Gasteiger partial charge is 0.253 e. The number of nitrogens with zero attached hydrogens (tertiary/aromatic N) is 1. The van der Waals surface area contributed by atoms with Crippen LogP contribution in [0, 0.1) is 0 Å². The van der Waals surface area contributed by atoms with Crippen LogP contribution in [0.3, 0.4) is 0 Å². The number of nitrogens with one attached hydrogen (secondary N) is 1. The van der Waals surface area contributed by atoms with Crippen molar-refractivity contribution < 1.29 is 14.3 Å². The first kappa shape index (κ1) is 18.5. The van der Waals surface area contributed by atoms with Gasteiger partial charge in [-0.25, -0.2) is 0 Å². The van der Waals surface area contributed by atoms with Crippen LogP contribution in [0.4, 0.5) is 0 Å². The average Bonchev–Trinajstić information content (AvgIpc) is 2.72. The summed E-state index contributed by atoms with van der Waals surface area (Å²) in [7, 11) is 0. The van der Waals surface area contributed by atoms with Crippen molar-refractivity contribution in [3.63, 3.8) is 0 Å².